The Bertz CT molecular complexity index is 993. The molecule has 0 bridgehead atoms. The van der Waals surface area contributed by atoms with E-state index in [4.69, 9.17) is 5.11 Å². The van der Waals surface area contributed by atoms with Gasteiger partial charge in [0, 0.05) is 7.05 Å². The number of carbonyl (C=O) groups is 1. The quantitative estimate of drug-likeness (QED) is 0.662. The summed E-state index contributed by atoms with van der Waals surface area (Å²) in [6.45, 7) is 0. The van der Waals surface area contributed by atoms with Gasteiger partial charge < -0.3 is 14.8 Å². The minimum Gasteiger partial charge on any atom is -0.478 e. The summed E-state index contributed by atoms with van der Waals surface area (Å²) < 4.78 is 16.9. The molecule has 0 atom stereocenters. The minimum atomic E-state index is -1.07. The maximum Gasteiger partial charge on any atom is 0.419 e. The minimum absolute atomic E-state index is 0.0684. The van der Waals surface area contributed by atoms with Crippen LogP contribution in [-0.4, -0.2) is 23.1 Å². The van der Waals surface area contributed by atoms with Crippen molar-refractivity contribution in [3.8, 4) is 0 Å². The molecule has 3 rings (SSSR count). The van der Waals surface area contributed by atoms with Gasteiger partial charge in [0.2, 0.25) is 0 Å². The molecule has 0 aliphatic rings. The summed E-state index contributed by atoms with van der Waals surface area (Å²) >= 11 is 0. The maximum absolute atomic E-state index is 12.6. The van der Waals surface area contributed by atoms with Crippen LogP contribution in [0.5, 0.6) is 0 Å². The van der Waals surface area contributed by atoms with Gasteiger partial charge in [0.1, 0.15) is 5.82 Å². The molecule has 3 aromatic rings. The molecule has 2 aromatic carbocycles. The lowest BCUT2D eigenvalue weighted by atomic mass is 10.2. The molecule has 0 aliphatic carbocycles. The van der Waals surface area contributed by atoms with Gasteiger partial charge >= 0.3 is 17.4 Å². The summed E-state index contributed by atoms with van der Waals surface area (Å²) in [5, 5.41) is 11.6. The first-order chi connectivity index (χ1) is 11.4. The zero-order valence-electron chi connectivity index (χ0n) is 12.5. The topological polar surface area (TPSA) is 112 Å². The van der Waals surface area contributed by atoms with E-state index in [1.54, 1.807) is 31.3 Å². The number of H-pyrrole nitrogens is 1. The molecule has 0 spiro atoms. The van der Waals surface area contributed by atoms with E-state index in [0.717, 1.165) is 12.1 Å². The van der Waals surface area contributed by atoms with E-state index < -0.39 is 23.2 Å². The highest BCUT2D eigenvalue weighted by Crippen LogP contribution is 2.16. The van der Waals surface area contributed by atoms with Gasteiger partial charge in [0.15, 0.2) is 0 Å². The van der Waals surface area contributed by atoms with E-state index in [9.17, 15) is 18.8 Å². The Morgan fingerprint density at radius 3 is 2.58 bits per heavy atom. The van der Waals surface area contributed by atoms with Crippen molar-refractivity contribution in [1.82, 2.24) is 4.98 Å². The molecule has 8 heteroatoms. The fraction of sp³-hybridized carbons (Fsp3) is 0.0625. The number of hydrogen-bond donors (Lipinski definition) is 3. The van der Waals surface area contributed by atoms with Crippen molar-refractivity contribution in [2.45, 2.75) is 0 Å². The van der Waals surface area contributed by atoms with Crippen LogP contribution in [0.15, 0.2) is 56.5 Å². The number of nitrogens with one attached hydrogen (secondary N) is 2. The summed E-state index contributed by atoms with van der Waals surface area (Å²) in [6.07, 6.45) is 0. The average molecular weight is 332 g/mol. The molecule has 24 heavy (non-hydrogen) atoms. The highest BCUT2D eigenvalue weighted by molar-refractivity contribution is 5.94. The highest BCUT2D eigenvalue weighted by Gasteiger charge is 2.08. The van der Waals surface area contributed by atoms with Crippen LogP contribution in [0.25, 0.3) is 10.9 Å². The Kier molecular flexibility index (Phi) is 5.10. The van der Waals surface area contributed by atoms with E-state index in [-0.39, 0.29) is 11.3 Å². The highest BCUT2D eigenvalue weighted by atomic mass is 19.1. The van der Waals surface area contributed by atoms with E-state index >= 15 is 0 Å². The second-order valence-corrected chi connectivity index (χ2v) is 4.59. The Labute approximate surface area is 134 Å². The van der Waals surface area contributed by atoms with Crippen LogP contribution in [0.1, 0.15) is 10.4 Å². The fourth-order valence-electron chi connectivity index (χ4n) is 1.95. The van der Waals surface area contributed by atoms with Crippen LogP contribution < -0.4 is 16.7 Å². The fourth-order valence-corrected chi connectivity index (χ4v) is 1.95. The molecule has 3 N–H and O–H groups in total. The van der Waals surface area contributed by atoms with Gasteiger partial charge in [0.25, 0.3) is 0 Å². The van der Waals surface area contributed by atoms with Gasteiger partial charge in [-0.1, -0.05) is 12.1 Å². The van der Waals surface area contributed by atoms with E-state index in [1.807, 2.05) is 0 Å². The zero-order chi connectivity index (χ0) is 17.7. The number of anilines is 1. The molecule has 0 saturated heterocycles. The Balaban J connectivity index is 0.000000174. The Morgan fingerprint density at radius 2 is 1.92 bits per heavy atom. The summed E-state index contributed by atoms with van der Waals surface area (Å²) in [7, 11) is 1.54. The van der Waals surface area contributed by atoms with Gasteiger partial charge in [-0.05, 0) is 30.3 Å². The second-order valence-electron chi connectivity index (χ2n) is 4.59. The van der Waals surface area contributed by atoms with Crippen molar-refractivity contribution in [3.63, 3.8) is 0 Å². The molecule has 0 radical (unpaired) electrons. The van der Waals surface area contributed by atoms with Crippen LogP contribution >= 0.6 is 0 Å². The lowest BCUT2D eigenvalue weighted by molar-refractivity contribution is 0.0698. The van der Waals surface area contributed by atoms with Crippen molar-refractivity contribution >= 4 is 22.6 Å². The van der Waals surface area contributed by atoms with Gasteiger partial charge in [-0.15, -0.1) is 0 Å². The first-order valence-electron chi connectivity index (χ1n) is 6.75. The summed E-state index contributed by atoms with van der Waals surface area (Å²) in [4.78, 5) is 34.6. The molecular formula is C16H13FN2O5. The Morgan fingerprint density at radius 1 is 1.21 bits per heavy atom. The lowest BCUT2D eigenvalue weighted by Gasteiger charge is -2.03. The number of carboxylic acid groups (broad SMARTS) is 1. The van der Waals surface area contributed by atoms with Crippen LogP contribution in [-0.2, 0) is 0 Å². The van der Waals surface area contributed by atoms with Crippen molar-refractivity contribution in [2.75, 3.05) is 12.4 Å². The largest absolute Gasteiger partial charge is 0.478 e. The molecule has 7 nitrogen and oxygen atoms in total. The van der Waals surface area contributed by atoms with Crippen molar-refractivity contribution < 1.29 is 18.7 Å². The van der Waals surface area contributed by atoms with Gasteiger partial charge in [0.05, 0.1) is 22.2 Å². The Hall–Kier alpha value is -3.42. The van der Waals surface area contributed by atoms with E-state index in [2.05, 4.69) is 14.7 Å². The number of hydrogen-bond acceptors (Lipinski definition) is 5. The molecule has 0 aliphatic heterocycles. The molecule has 124 valence electrons. The second kappa shape index (κ2) is 7.23. The number of para-hydroxylation sites is 1. The van der Waals surface area contributed by atoms with Crippen molar-refractivity contribution in [3.05, 3.63) is 74.8 Å². The normalized spacial score (nSPS) is 9.92. The monoisotopic (exact) mass is 332 g/mol. The third-order valence-corrected chi connectivity index (χ3v) is 3.05. The summed E-state index contributed by atoms with van der Waals surface area (Å²) in [6, 6.07) is 10.2. The molecule has 1 heterocycles. The van der Waals surface area contributed by atoms with Crippen molar-refractivity contribution in [1.29, 1.82) is 0 Å². The van der Waals surface area contributed by atoms with E-state index in [1.165, 1.54) is 6.07 Å². The van der Waals surface area contributed by atoms with Gasteiger partial charge in [-0.25, -0.2) is 18.8 Å². The van der Waals surface area contributed by atoms with Crippen LogP contribution in [0.4, 0.5) is 10.1 Å². The molecular weight excluding hydrogens is 319 g/mol. The summed E-state index contributed by atoms with van der Waals surface area (Å²) in [5.41, 5.74) is 0.245. The average Bonchev–Trinajstić information content (AvgIpc) is 2.54. The number of rotatable bonds is 2. The number of benzene rings is 2. The van der Waals surface area contributed by atoms with Crippen LogP contribution in [0.2, 0.25) is 0 Å². The predicted octanol–water partition coefficient (Wildman–Crippen LogP) is 2.05. The molecule has 0 amide bonds. The zero-order valence-corrected chi connectivity index (χ0v) is 12.5. The number of aromatic nitrogens is 1. The van der Waals surface area contributed by atoms with Gasteiger partial charge in [-0.3, -0.25) is 4.98 Å². The molecule has 0 saturated carbocycles. The maximum atomic E-state index is 12.6. The first-order valence-corrected chi connectivity index (χ1v) is 6.75. The lowest BCUT2D eigenvalue weighted by Crippen LogP contribution is -2.13. The van der Waals surface area contributed by atoms with Gasteiger partial charge in [-0.2, -0.15) is 0 Å². The number of fused-ring (bicyclic) bond motifs is 1. The number of aromatic carboxylic acids is 1. The smallest absolute Gasteiger partial charge is 0.419 e. The van der Waals surface area contributed by atoms with E-state index in [0.29, 0.717) is 10.9 Å². The molecule has 1 aromatic heterocycles. The van der Waals surface area contributed by atoms with Crippen molar-refractivity contribution in [2.24, 2.45) is 0 Å². The number of carboxylic acids is 1. The van der Waals surface area contributed by atoms with Crippen LogP contribution in [0, 0.1) is 5.82 Å². The predicted molar refractivity (Wildman–Crippen MR) is 86.0 cm³/mol. The number of halogens is 1. The first kappa shape index (κ1) is 16.9. The SMILES string of the molecule is CNc1cc(F)ccc1C(=O)O.O=c1[nH]c2ccccc2c(=O)o1. The third kappa shape index (κ3) is 3.86. The number of aromatic amines is 1. The molecule has 0 unspecified atom stereocenters. The summed E-state index contributed by atoms with van der Waals surface area (Å²) in [5.74, 6) is -2.25. The molecule has 0 fully saturated rings. The third-order valence-electron chi connectivity index (χ3n) is 3.05. The standard InChI is InChI=1S/C8H8FNO2.C8H5NO3/c1-10-7-4-5(9)2-3-6(7)8(11)12;10-7-5-3-1-2-4-6(5)9-8(11)12-7/h2-4,10H,1H3,(H,11,12);1-4H,(H,9,11). The van der Waals surface area contributed by atoms with Crippen LogP contribution in [0.3, 0.4) is 0 Å².